The Morgan fingerprint density at radius 2 is 1.59 bits per heavy atom. The fourth-order valence-electron chi connectivity index (χ4n) is 4.31. The molecule has 39 heavy (non-hydrogen) atoms. The van der Waals surface area contributed by atoms with Crippen LogP contribution in [0.1, 0.15) is 33.2 Å². The van der Waals surface area contributed by atoms with Gasteiger partial charge in [-0.05, 0) is 52.8 Å². The van der Waals surface area contributed by atoms with Gasteiger partial charge >= 0.3 is 12.3 Å². The molecule has 4 aromatic rings. The Morgan fingerprint density at radius 3 is 2.28 bits per heavy atom. The van der Waals surface area contributed by atoms with Gasteiger partial charge in [0.25, 0.3) is 5.91 Å². The van der Waals surface area contributed by atoms with Gasteiger partial charge in [-0.2, -0.15) is 8.78 Å². The third-order valence-electron chi connectivity index (χ3n) is 6.43. The fourth-order valence-corrected chi connectivity index (χ4v) is 4.55. The number of nitrogens with one attached hydrogen (secondary N) is 1. The minimum atomic E-state index is -4.44. The van der Waals surface area contributed by atoms with Crippen molar-refractivity contribution in [3.05, 3.63) is 125 Å². The molecule has 202 valence electrons. The SMILES string of the molecule is C=C(c1cccc(CC(NC(=O)c2cccc3c(Cl)cccc23)C(O)c2ccc(F)cc2)c1)C(F)(F)C(F)F. The Kier molecular flexibility index (Phi) is 8.37. The molecule has 2 N–H and O–H groups in total. The summed E-state index contributed by atoms with van der Waals surface area (Å²) >= 11 is 6.27. The molecule has 0 radical (unpaired) electrons. The first kappa shape index (κ1) is 28.3. The topological polar surface area (TPSA) is 49.3 Å². The van der Waals surface area contributed by atoms with Gasteiger partial charge in [0.05, 0.1) is 12.1 Å². The van der Waals surface area contributed by atoms with Gasteiger partial charge in [0.1, 0.15) is 5.82 Å². The molecule has 0 heterocycles. The fraction of sp³-hybridized carbons (Fsp3) is 0.167. The average Bonchev–Trinajstić information content (AvgIpc) is 2.92. The Labute approximate surface area is 226 Å². The molecule has 0 aromatic heterocycles. The van der Waals surface area contributed by atoms with Crippen molar-refractivity contribution in [2.75, 3.05) is 0 Å². The van der Waals surface area contributed by atoms with Gasteiger partial charge in [-0.1, -0.05) is 78.8 Å². The third-order valence-corrected chi connectivity index (χ3v) is 6.76. The van der Waals surface area contributed by atoms with Crippen molar-refractivity contribution in [3.63, 3.8) is 0 Å². The number of aliphatic hydroxyl groups excluding tert-OH is 1. The second-order valence-corrected chi connectivity index (χ2v) is 9.43. The predicted octanol–water partition coefficient (Wildman–Crippen LogP) is 7.62. The molecule has 4 aromatic carbocycles. The van der Waals surface area contributed by atoms with Crippen molar-refractivity contribution >= 4 is 33.9 Å². The van der Waals surface area contributed by atoms with Crippen LogP contribution in [0.15, 0.2) is 91.5 Å². The van der Waals surface area contributed by atoms with Crippen LogP contribution < -0.4 is 5.32 Å². The van der Waals surface area contributed by atoms with E-state index in [4.69, 9.17) is 11.6 Å². The Hall–Kier alpha value is -3.75. The molecule has 0 bridgehead atoms. The van der Waals surface area contributed by atoms with Gasteiger partial charge in [0.15, 0.2) is 0 Å². The molecular formula is C30H23ClF5NO2. The van der Waals surface area contributed by atoms with Gasteiger partial charge < -0.3 is 10.4 Å². The zero-order chi connectivity index (χ0) is 28.3. The molecule has 2 atom stereocenters. The summed E-state index contributed by atoms with van der Waals surface area (Å²) in [6.45, 7) is 3.16. The van der Waals surface area contributed by atoms with Crippen molar-refractivity contribution in [2.45, 2.75) is 30.9 Å². The molecule has 0 aliphatic heterocycles. The van der Waals surface area contributed by atoms with Crippen LogP contribution in [0, 0.1) is 5.82 Å². The third kappa shape index (κ3) is 6.13. The molecule has 0 aliphatic carbocycles. The molecule has 1 amide bonds. The highest BCUT2D eigenvalue weighted by molar-refractivity contribution is 6.36. The van der Waals surface area contributed by atoms with Crippen molar-refractivity contribution in [3.8, 4) is 0 Å². The normalized spacial score (nSPS) is 13.3. The second kappa shape index (κ2) is 11.6. The second-order valence-electron chi connectivity index (χ2n) is 9.02. The number of carbonyl (C=O) groups is 1. The number of halogens is 6. The number of benzene rings is 4. The summed E-state index contributed by atoms with van der Waals surface area (Å²) in [5.74, 6) is -5.50. The monoisotopic (exact) mass is 559 g/mol. The first-order valence-corrected chi connectivity index (χ1v) is 12.2. The van der Waals surface area contributed by atoms with E-state index >= 15 is 0 Å². The van der Waals surface area contributed by atoms with Crippen LogP contribution >= 0.6 is 11.6 Å². The molecule has 0 saturated heterocycles. The molecular weight excluding hydrogens is 537 g/mol. The maximum atomic E-state index is 13.9. The lowest BCUT2D eigenvalue weighted by molar-refractivity contribution is -0.0822. The number of aliphatic hydroxyl groups is 1. The van der Waals surface area contributed by atoms with Crippen LogP contribution in [0.25, 0.3) is 16.3 Å². The Balaban J connectivity index is 1.68. The summed E-state index contributed by atoms with van der Waals surface area (Å²) < 4.78 is 67.2. The van der Waals surface area contributed by atoms with Crippen LogP contribution in [0.4, 0.5) is 22.0 Å². The lowest BCUT2D eigenvalue weighted by atomic mass is 9.93. The zero-order valence-corrected chi connectivity index (χ0v) is 21.1. The standard InChI is InChI=1S/C30H23ClF5NO2/c1-17(30(35,36)29(33)34)20-6-2-5-18(15-20)16-26(27(38)19-11-13-21(32)14-12-19)37-28(39)24-9-3-8-23-22(24)7-4-10-25(23)31/h2-15,26-27,29,38H,1,16H2,(H,37,39). The van der Waals surface area contributed by atoms with E-state index in [1.807, 2.05) is 0 Å². The number of alkyl halides is 4. The molecule has 2 unspecified atom stereocenters. The van der Waals surface area contributed by atoms with Crippen LogP contribution in [0.2, 0.25) is 5.02 Å². The molecule has 3 nitrogen and oxygen atoms in total. The van der Waals surface area contributed by atoms with Gasteiger partial charge in [-0.15, -0.1) is 0 Å². The van der Waals surface area contributed by atoms with Crippen molar-refractivity contribution in [1.82, 2.24) is 5.32 Å². The van der Waals surface area contributed by atoms with E-state index in [2.05, 4.69) is 11.9 Å². The smallest absolute Gasteiger partial charge is 0.332 e. The maximum absolute atomic E-state index is 13.9. The van der Waals surface area contributed by atoms with E-state index in [0.29, 0.717) is 26.9 Å². The Morgan fingerprint density at radius 1 is 0.949 bits per heavy atom. The molecule has 0 fully saturated rings. The van der Waals surface area contributed by atoms with Crippen LogP contribution in [-0.4, -0.2) is 29.4 Å². The van der Waals surface area contributed by atoms with Crippen LogP contribution in [0.3, 0.4) is 0 Å². The minimum absolute atomic E-state index is 0.0722. The van der Waals surface area contributed by atoms with E-state index in [0.717, 1.165) is 12.1 Å². The lowest BCUT2D eigenvalue weighted by Gasteiger charge is -2.26. The summed E-state index contributed by atoms with van der Waals surface area (Å²) in [6.07, 6.45) is -5.34. The van der Waals surface area contributed by atoms with Crippen molar-refractivity contribution in [2.24, 2.45) is 0 Å². The van der Waals surface area contributed by atoms with Crippen molar-refractivity contribution in [1.29, 1.82) is 0 Å². The summed E-state index contributed by atoms with van der Waals surface area (Å²) in [5.41, 5.74) is -0.307. The number of fused-ring (bicyclic) bond motifs is 1. The number of rotatable bonds is 9. The number of amides is 1. The number of hydrogen-bond donors (Lipinski definition) is 2. The van der Waals surface area contributed by atoms with E-state index in [1.165, 1.54) is 30.3 Å². The van der Waals surface area contributed by atoms with Gasteiger partial charge in [0.2, 0.25) is 0 Å². The Bertz CT molecular complexity index is 1510. The van der Waals surface area contributed by atoms with E-state index in [1.54, 1.807) is 42.5 Å². The predicted molar refractivity (Wildman–Crippen MR) is 142 cm³/mol. The molecule has 0 saturated carbocycles. The minimum Gasteiger partial charge on any atom is -0.386 e. The molecule has 0 aliphatic rings. The summed E-state index contributed by atoms with van der Waals surface area (Å²) in [6, 6.07) is 19.5. The van der Waals surface area contributed by atoms with Gasteiger partial charge in [-0.3, -0.25) is 4.79 Å². The van der Waals surface area contributed by atoms with Crippen LogP contribution in [-0.2, 0) is 6.42 Å². The summed E-state index contributed by atoms with van der Waals surface area (Å²) in [7, 11) is 0. The molecule has 0 spiro atoms. The number of carbonyl (C=O) groups excluding carboxylic acids is 1. The summed E-state index contributed by atoms with van der Waals surface area (Å²) in [5, 5.41) is 15.6. The van der Waals surface area contributed by atoms with E-state index < -0.39 is 41.8 Å². The highest BCUT2D eigenvalue weighted by atomic mass is 35.5. The molecule has 4 rings (SSSR count). The maximum Gasteiger partial charge on any atom is 0.332 e. The largest absolute Gasteiger partial charge is 0.386 e. The first-order valence-electron chi connectivity index (χ1n) is 11.9. The van der Waals surface area contributed by atoms with Crippen LogP contribution in [0.5, 0.6) is 0 Å². The number of hydrogen-bond acceptors (Lipinski definition) is 2. The van der Waals surface area contributed by atoms with Gasteiger partial charge in [0, 0.05) is 21.5 Å². The highest BCUT2D eigenvalue weighted by Gasteiger charge is 2.44. The summed E-state index contributed by atoms with van der Waals surface area (Å²) in [4.78, 5) is 13.4. The molecule has 9 heteroatoms. The van der Waals surface area contributed by atoms with E-state index in [9.17, 15) is 31.9 Å². The van der Waals surface area contributed by atoms with Crippen molar-refractivity contribution < 1.29 is 31.9 Å². The highest BCUT2D eigenvalue weighted by Crippen LogP contribution is 2.37. The number of allylic oxidation sites excluding steroid dienone is 1. The van der Waals surface area contributed by atoms with E-state index in [-0.39, 0.29) is 17.5 Å². The lowest BCUT2D eigenvalue weighted by Crippen LogP contribution is -2.41. The quantitative estimate of drug-likeness (QED) is 0.207. The average molecular weight is 560 g/mol. The first-order chi connectivity index (χ1) is 18.5. The van der Waals surface area contributed by atoms with Gasteiger partial charge in [-0.25, -0.2) is 13.2 Å². The zero-order valence-electron chi connectivity index (χ0n) is 20.4.